The minimum absolute atomic E-state index is 0.0315. The van der Waals surface area contributed by atoms with Crippen molar-refractivity contribution >= 4 is 23.2 Å². The number of hydrogen-bond acceptors (Lipinski definition) is 6. The normalized spacial score (nSPS) is 39.4. The van der Waals surface area contributed by atoms with Gasteiger partial charge in [0.25, 0.3) is 0 Å². The summed E-state index contributed by atoms with van der Waals surface area (Å²) in [7, 11) is 0. The van der Waals surface area contributed by atoms with E-state index in [4.69, 9.17) is 4.74 Å². The smallest absolute Gasteiger partial charge is 0.410 e. The number of thiophene rings is 1. The lowest BCUT2D eigenvalue weighted by Crippen LogP contribution is -2.67. The standard InChI is InChI=1S/C38H47NO5S/c1-5-44-33(42)39(23-26-9-7-6-8-10-26)24-37(43)18-15-31-35(37,4)17-14-30-34(3)16-13-27(40)21-36(34)19-20-38(30,31)28(22-36)32(41)29-12-11-25(2)45-29/h6-12,19-20,22,27,30-31,40,43H,5,13-18,21,23-24H2,1-4H3/t27?,30-,31-,34-,35+,36+,37-,38-/m1/s1. The van der Waals surface area contributed by atoms with Gasteiger partial charge in [0, 0.05) is 33.2 Å². The molecule has 8 rings (SSSR count). The van der Waals surface area contributed by atoms with E-state index in [9.17, 15) is 19.8 Å². The fourth-order valence-electron chi connectivity index (χ4n) is 10.8. The average Bonchev–Trinajstić information content (AvgIpc) is 3.57. The van der Waals surface area contributed by atoms with E-state index in [0.717, 1.165) is 53.0 Å². The second-order valence-electron chi connectivity index (χ2n) is 15.1. The summed E-state index contributed by atoms with van der Waals surface area (Å²) in [4.78, 5) is 31.5. The lowest BCUT2D eigenvalue weighted by Gasteiger charge is -2.71. The van der Waals surface area contributed by atoms with Crippen molar-refractivity contribution in [3.63, 3.8) is 0 Å². The molecule has 1 amide bonds. The number of carbonyl (C=O) groups excluding carboxylic acids is 2. The van der Waals surface area contributed by atoms with Crippen molar-refractivity contribution in [1.82, 2.24) is 4.90 Å². The summed E-state index contributed by atoms with van der Waals surface area (Å²) in [6.07, 6.45) is 11.6. The van der Waals surface area contributed by atoms with Crippen LogP contribution in [0.2, 0.25) is 0 Å². The topological polar surface area (TPSA) is 87.1 Å². The Balaban J connectivity index is 1.31. The predicted molar refractivity (Wildman–Crippen MR) is 176 cm³/mol. The van der Waals surface area contributed by atoms with Crippen molar-refractivity contribution < 1.29 is 24.5 Å². The highest BCUT2D eigenvalue weighted by Gasteiger charge is 2.74. The SMILES string of the molecule is CCOC(=O)N(Cc1ccccc1)C[C@]1(O)CC[C@H]2[C@]34C=C[C@@]5(C=C3C(=O)c3ccc(C)s3)CC(O)CC[C@]5(C)[C@H]4CC[C@@]21C. The highest BCUT2D eigenvalue weighted by Crippen LogP contribution is 2.78. The first-order valence-corrected chi connectivity index (χ1v) is 17.6. The Morgan fingerprint density at radius 1 is 0.978 bits per heavy atom. The van der Waals surface area contributed by atoms with Gasteiger partial charge in [-0.1, -0.05) is 62.4 Å². The Hall–Kier alpha value is -2.74. The zero-order valence-corrected chi connectivity index (χ0v) is 27.9. The highest BCUT2D eigenvalue weighted by atomic mass is 32.1. The van der Waals surface area contributed by atoms with Crippen molar-refractivity contribution in [3.05, 3.63) is 81.6 Å². The molecule has 1 heterocycles. The molecule has 2 N–H and O–H groups in total. The van der Waals surface area contributed by atoms with Crippen LogP contribution in [0.4, 0.5) is 4.79 Å². The van der Waals surface area contributed by atoms with Crippen molar-refractivity contribution in [3.8, 4) is 0 Å². The van der Waals surface area contributed by atoms with Gasteiger partial charge in [0.15, 0.2) is 5.78 Å². The third-order valence-electron chi connectivity index (χ3n) is 13.1. The number of fused-ring (bicyclic) bond motifs is 1. The molecule has 1 unspecified atom stereocenters. The molecule has 2 bridgehead atoms. The summed E-state index contributed by atoms with van der Waals surface area (Å²) in [6, 6.07) is 13.9. The van der Waals surface area contributed by atoms with Gasteiger partial charge in [0.2, 0.25) is 0 Å². The van der Waals surface area contributed by atoms with E-state index in [1.165, 1.54) is 0 Å². The number of amides is 1. The third-order valence-corrected chi connectivity index (χ3v) is 14.1. The Bertz CT molecular complexity index is 1560. The van der Waals surface area contributed by atoms with Crippen molar-refractivity contribution in [1.29, 1.82) is 0 Å². The molecular formula is C38H47NO5S. The van der Waals surface area contributed by atoms with Gasteiger partial charge in [-0.05, 0) is 93.7 Å². The van der Waals surface area contributed by atoms with Crippen LogP contribution >= 0.6 is 11.3 Å². The monoisotopic (exact) mass is 629 g/mol. The van der Waals surface area contributed by atoms with Gasteiger partial charge in [0.05, 0.1) is 29.7 Å². The minimum Gasteiger partial charge on any atom is -0.450 e. The lowest BCUT2D eigenvalue weighted by molar-refractivity contribution is -0.175. The number of ether oxygens (including phenoxy) is 1. The van der Waals surface area contributed by atoms with Gasteiger partial charge in [-0.2, -0.15) is 0 Å². The Morgan fingerprint density at radius 2 is 1.69 bits per heavy atom. The van der Waals surface area contributed by atoms with E-state index in [1.54, 1.807) is 16.2 Å². The molecule has 0 aliphatic heterocycles. The van der Waals surface area contributed by atoms with E-state index in [1.807, 2.05) is 56.3 Å². The first-order chi connectivity index (χ1) is 21.4. The van der Waals surface area contributed by atoms with Crippen LogP contribution in [0.25, 0.3) is 0 Å². The number of hydrogen-bond donors (Lipinski definition) is 2. The number of aliphatic hydroxyl groups is 2. The number of nitrogens with zero attached hydrogens (tertiary/aromatic N) is 1. The number of rotatable bonds is 7. The molecule has 1 aromatic heterocycles. The molecule has 240 valence electrons. The fourth-order valence-corrected chi connectivity index (χ4v) is 11.6. The second-order valence-corrected chi connectivity index (χ2v) is 16.4. The molecule has 1 aromatic carbocycles. The predicted octanol–water partition coefficient (Wildman–Crippen LogP) is 7.49. The maximum Gasteiger partial charge on any atom is 0.410 e. The number of aryl methyl sites for hydroxylation is 1. The van der Waals surface area contributed by atoms with Crippen LogP contribution in [0, 0.1) is 40.4 Å². The molecule has 3 saturated carbocycles. The molecule has 3 fully saturated rings. The second kappa shape index (κ2) is 10.6. The van der Waals surface area contributed by atoms with Crippen LogP contribution in [-0.2, 0) is 11.3 Å². The van der Waals surface area contributed by atoms with Gasteiger partial charge in [0.1, 0.15) is 0 Å². The van der Waals surface area contributed by atoms with Crippen LogP contribution in [0.3, 0.4) is 0 Å². The van der Waals surface area contributed by atoms with E-state index < -0.39 is 22.5 Å². The van der Waals surface area contributed by atoms with Crippen LogP contribution in [0.1, 0.15) is 85.8 Å². The number of carbonyl (C=O) groups is 2. The van der Waals surface area contributed by atoms with Gasteiger partial charge >= 0.3 is 6.09 Å². The Kier molecular flexibility index (Phi) is 7.31. The molecule has 6 aliphatic carbocycles. The number of aliphatic hydroxyl groups excluding tert-OH is 1. The minimum atomic E-state index is -1.14. The van der Waals surface area contributed by atoms with E-state index >= 15 is 0 Å². The molecular weight excluding hydrogens is 582 g/mol. The van der Waals surface area contributed by atoms with Gasteiger partial charge in [-0.3, -0.25) is 4.79 Å². The molecule has 2 aromatic rings. The molecule has 7 heteroatoms. The van der Waals surface area contributed by atoms with Gasteiger partial charge in [-0.25, -0.2) is 4.79 Å². The van der Waals surface area contributed by atoms with E-state index in [0.29, 0.717) is 19.4 Å². The zero-order valence-electron chi connectivity index (χ0n) is 27.1. The fraction of sp³-hybridized carbons (Fsp3) is 0.579. The van der Waals surface area contributed by atoms with Crippen molar-refractivity contribution in [2.45, 2.75) is 90.9 Å². The maximum atomic E-state index is 14.6. The van der Waals surface area contributed by atoms with Gasteiger partial charge < -0.3 is 19.8 Å². The number of allylic oxidation sites excluding steroid dienone is 4. The summed E-state index contributed by atoms with van der Waals surface area (Å²) in [6.45, 7) is 9.28. The summed E-state index contributed by atoms with van der Waals surface area (Å²) in [5.74, 6) is 0.364. The number of benzene rings is 1. The number of ketones is 1. The van der Waals surface area contributed by atoms with Crippen LogP contribution < -0.4 is 0 Å². The quantitative estimate of drug-likeness (QED) is 0.245. The first kappa shape index (κ1) is 30.9. The van der Waals surface area contributed by atoms with Crippen molar-refractivity contribution in [2.24, 2.45) is 33.5 Å². The maximum absolute atomic E-state index is 14.6. The molecule has 45 heavy (non-hydrogen) atoms. The Morgan fingerprint density at radius 3 is 2.40 bits per heavy atom. The molecule has 6 nitrogen and oxygen atoms in total. The highest BCUT2D eigenvalue weighted by molar-refractivity contribution is 7.14. The first-order valence-electron chi connectivity index (χ1n) is 16.8. The van der Waals surface area contributed by atoms with E-state index in [-0.39, 0.29) is 47.7 Å². The Labute approximate surface area is 271 Å². The van der Waals surface area contributed by atoms with Crippen molar-refractivity contribution in [2.75, 3.05) is 13.2 Å². The summed E-state index contributed by atoms with van der Waals surface area (Å²) < 4.78 is 5.51. The summed E-state index contributed by atoms with van der Waals surface area (Å²) in [5.41, 5.74) is -0.757. The summed E-state index contributed by atoms with van der Waals surface area (Å²) >= 11 is 1.55. The molecule has 0 saturated heterocycles. The van der Waals surface area contributed by atoms with Crippen LogP contribution in [0.15, 0.2) is 66.3 Å². The summed E-state index contributed by atoms with van der Waals surface area (Å²) in [5, 5.41) is 23.7. The van der Waals surface area contributed by atoms with Crippen LogP contribution in [-0.4, -0.2) is 51.8 Å². The van der Waals surface area contributed by atoms with Gasteiger partial charge in [-0.15, -0.1) is 11.3 Å². The number of Topliss-reactive ketones (excluding diaryl/α,β-unsaturated/α-hetero) is 1. The largest absolute Gasteiger partial charge is 0.450 e. The van der Waals surface area contributed by atoms with E-state index in [2.05, 4.69) is 32.1 Å². The molecule has 2 spiro atoms. The third kappa shape index (κ3) is 4.33. The zero-order chi connectivity index (χ0) is 31.8. The molecule has 0 radical (unpaired) electrons. The average molecular weight is 630 g/mol. The van der Waals surface area contributed by atoms with Crippen LogP contribution in [0.5, 0.6) is 0 Å². The molecule has 8 atom stereocenters. The lowest BCUT2D eigenvalue weighted by atomic mass is 9.32. The molecule has 6 aliphatic rings.